The lowest BCUT2D eigenvalue weighted by Gasteiger charge is -2.32. The Balaban J connectivity index is 1.22. The lowest BCUT2D eigenvalue weighted by atomic mass is 10.0. The molecule has 27 heteroatoms. The van der Waals surface area contributed by atoms with Crippen molar-refractivity contribution >= 4 is 65.1 Å². The summed E-state index contributed by atoms with van der Waals surface area (Å²) >= 11 is 0. The van der Waals surface area contributed by atoms with Gasteiger partial charge in [0.1, 0.15) is 42.3 Å². The van der Waals surface area contributed by atoms with Gasteiger partial charge >= 0.3 is 5.97 Å². The number of aliphatic carboxylic acids is 1. The van der Waals surface area contributed by atoms with Crippen LogP contribution in [-0.4, -0.2) is 195 Å². The molecule has 3 heterocycles. The summed E-state index contributed by atoms with van der Waals surface area (Å²) in [5.74, 6) is -7.50. The van der Waals surface area contributed by atoms with Crippen LogP contribution in [-0.2, 0) is 56.0 Å². The number of aliphatic imine (C=N–C) groups is 2. The van der Waals surface area contributed by atoms with Gasteiger partial charge in [0.25, 0.3) is 0 Å². The Morgan fingerprint density at radius 1 is 0.623 bits per heavy atom. The van der Waals surface area contributed by atoms with Crippen molar-refractivity contribution in [1.29, 1.82) is 0 Å². The number of carboxylic acid groups (broad SMARTS) is 1. The van der Waals surface area contributed by atoms with Crippen LogP contribution in [0.4, 0.5) is 0 Å². The number of hydrogen-bond donors (Lipinski definition) is 13. The maximum Gasteiger partial charge on any atom is 0.326 e. The number of benzene rings is 2. The molecule has 0 radical (unpaired) electrons. The number of nitrogens with one attached hydrogen (secondary N) is 5. The second-order valence-electron chi connectivity index (χ2n) is 19.2. The van der Waals surface area contributed by atoms with Crippen LogP contribution in [0, 0.1) is 0 Å². The van der Waals surface area contributed by atoms with Gasteiger partial charge in [0.05, 0.1) is 25.3 Å². The van der Waals surface area contributed by atoms with E-state index in [1.807, 2.05) is 0 Å². The monoisotopic (exact) mass is 1080 g/mol. The average molecular weight is 1080 g/mol. The van der Waals surface area contributed by atoms with Gasteiger partial charge in [-0.2, -0.15) is 0 Å². The van der Waals surface area contributed by atoms with E-state index in [0.29, 0.717) is 36.8 Å². The first kappa shape index (κ1) is 60.0. The summed E-state index contributed by atoms with van der Waals surface area (Å²) < 4.78 is 0. The molecule has 0 aromatic heterocycles. The Hall–Kier alpha value is -7.91. The SMILES string of the molecule is NC(N)=NCCC[C@H](NC(=O)[C@H](Cc1ccccc1)NC(=O)[C@@H]1CCCN1C(=O)[C@H](CO)NC(=O)[C@H](Cc1ccccc1)NC(=O)CNC(=O)[C@H]1C[C@@H](O)CN1C(=O)[C@@H]1CCCN1C(=O)[C@@H](N)CCCN=C(N)N)C(=O)O. The highest BCUT2D eigenvalue weighted by Gasteiger charge is 2.46. The quantitative estimate of drug-likeness (QED) is 0.0226. The molecule has 27 nitrogen and oxygen atoms in total. The molecule has 2 aromatic carbocycles. The van der Waals surface area contributed by atoms with Crippen LogP contribution < -0.4 is 55.3 Å². The molecule has 18 N–H and O–H groups in total. The van der Waals surface area contributed by atoms with E-state index < -0.39 is 121 Å². The first-order chi connectivity index (χ1) is 36.8. The smallest absolute Gasteiger partial charge is 0.326 e. The summed E-state index contributed by atoms with van der Waals surface area (Å²) in [6.07, 6.45) is 0.761. The van der Waals surface area contributed by atoms with Crippen molar-refractivity contribution in [3.05, 3.63) is 71.8 Å². The second kappa shape index (κ2) is 29.4. The van der Waals surface area contributed by atoms with Crippen LogP contribution in [0.2, 0.25) is 0 Å². The maximum atomic E-state index is 14.1. The maximum absolute atomic E-state index is 14.1. The number of carbonyl (C=O) groups excluding carboxylic acids is 8. The number of hydrogen-bond acceptors (Lipinski definition) is 14. The highest BCUT2D eigenvalue weighted by Crippen LogP contribution is 2.26. The van der Waals surface area contributed by atoms with Crippen molar-refractivity contribution in [1.82, 2.24) is 41.3 Å². The van der Waals surface area contributed by atoms with Gasteiger partial charge in [-0.15, -0.1) is 0 Å². The molecule has 0 spiro atoms. The summed E-state index contributed by atoms with van der Waals surface area (Å²) in [5.41, 5.74) is 28.9. The Bertz CT molecular complexity index is 2440. The van der Waals surface area contributed by atoms with Gasteiger partial charge in [-0.1, -0.05) is 60.7 Å². The van der Waals surface area contributed by atoms with Crippen LogP contribution in [0.5, 0.6) is 0 Å². The molecule has 420 valence electrons. The lowest BCUT2D eigenvalue weighted by Crippen LogP contribution is -2.60. The number of nitrogens with zero attached hydrogens (tertiary/aromatic N) is 5. The van der Waals surface area contributed by atoms with E-state index in [-0.39, 0.29) is 89.6 Å². The van der Waals surface area contributed by atoms with E-state index in [9.17, 15) is 58.5 Å². The van der Waals surface area contributed by atoms with Crippen molar-refractivity contribution in [2.45, 2.75) is 125 Å². The van der Waals surface area contributed by atoms with E-state index >= 15 is 0 Å². The van der Waals surface area contributed by atoms with Gasteiger partial charge in [0, 0.05) is 52.0 Å². The fourth-order valence-electron chi connectivity index (χ4n) is 9.55. The predicted molar refractivity (Wildman–Crippen MR) is 279 cm³/mol. The van der Waals surface area contributed by atoms with E-state index in [2.05, 4.69) is 36.6 Å². The van der Waals surface area contributed by atoms with Gasteiger partial charge in [0.2, 0.25) is 47.3 Å². The van der Waals surface area contributed by atoms with E-state index in [1.165, 1.54) is 14.7 Å². The van der Waals surface area contributed by atoms with Crippen LogP contribution >= 0.6 is 0 Å². The summed E-state index contributed by atoms with van der Waals surface area (Å²) in [6.45, 7) is -1.13. The zero-order chi connectivity index (χ0) is 56.2. The lowest BCUT2D eigenvalue weighted by molar-refractivity contribution is -0.147. The largest absolute Gasteiger partial charge is 0.480 e. The minimum absolute atomic E-state index is 0.0291. The highest BCUT2D eigenvalue weighted by atomic mass is 16.4. The summed E-state index contributed by atoms with van der Waals surface area (Å²) in [6, 6.07) is 7.30. The van der Waals surface area contributed by atoms with E-state index in [1.54, 1.807) is 60.7 Å². The van der Waals surface area contributed by atoms with Crippen molar-refractivity contribution in [3.8, 4) is 0 Å². The third kappa shape index (κ3) is 17.8. The number of guanidine groups is 2. The molecule has 0 aliphatic carbocycles. The Morgan fingerprint density at radius 3 is 1.69 bits per heavy atom. The first-order valence-electron chi connectivity index (χ1n) is 25.6. The molecular formula is C50H73N15O12. The summed E-state index contributed by atoms with van der Waals surface area (Å²) in [4.78, 5) is 134. The third-order valence-electron chi connectivity index (χ3n) is 13.4. The van der Waals surface area contributed by atoms with Gasteiger partial charge in [-0.05, 0) is 62.5 Å². The first-order valence-corrected chi connectivity index (χ1v) is 25.6. The molecule has 0 saturated carbocycles. The van der Waals surface area contributed by atoms with Crippen LogP contribution in [0.25, 0.3) is 0 Å². The fourth-order valence-corrected chi connectivity index (χ4v) is 9.55. The topological polar surface area (TPSA) is 439 Å². The number of aliphatic hydroxyl groups is 2. The van der Waals surface area contributed by atoms with Gasteiger partial charge in [-0.25, -0.2) is 4.79 Å². The van der Waals surface area contributed by atoms with Gasteiger partial charge < -0.3 is 85.3 Å². The third-order valence-corrected chi connectivity index (χ3v) is 13.4. The highest BCUT2D eigenvalue weighted by molar-refractivity contribution is 5.98. The molecule has 77 heavy (non-hydrogen) atoms. The standard InChI is InChI=1S/C50H73N15O12/c51-32(15-7-19-56-49(52)53)45(73)64-22-10-18-38(64)47(75)65-27-31(67)25-39(65)43(71)58-26-40(68)59-34(23-29-11-3-1-4-12-29)41(69)62-36(28-66)46(74)63-21-9-17-37(63)44(72)61-35(24-30-13-5-2-6-14-30)42(70)60-33(48(76)77)16-8-20-57-50(54)55/h1-6,11-14,31-39,66-67H,7-10,15-28,51H2,(H,58,71)(H,59,68)(H,60,70)(H,61,72)(H,62,69)(H,76,77)(H4,52,53,56)(H4,54,55,57)/t31-,32+,33+,34+,35+,36+,37+,38+,39-/m1/s1. The number of carbonyl (C=O) groups is 9. The van der Waals surface area contributed by atoms with Crippen molar-refractivity contribution < 1.29 is 58.5 Å². The number of carboxylic acids is 1. The summed E-state index contributed by atoms with van der Waals surface area (Å²) in [7, 11) is 0. The molecule has 8 amide bonds. The molecule has 3 aliphatic rings. The summed E-state index contributed by atoms with van der Waals surface area (Å²) in [5, 5.41) is 43.8. The van der Waals surface area contributed by atoms with E-state index in [4.69, 9.17) is 28.7 Å². The fraction of sp³-hybridized carbons (Fsp3) is 0.540. The average Bonchev–Trinajstić information content (AvgIpc) is 4.20. The van der Waals surface area contributed by atoms with E-state index in [0.717, 1.165) is 0 Å². The number of aliphatic hydroxyl groups excluding tert-OH is 2. The molecule has 9 atom stereocenters. The molecule has 5 rings (SSSR count). The van der Waals surface area contributed by atoms with Crippen LogP contribution in [0.3, 0.4) is 0 Å². The predicted octanol–water partition coefficient (Wildman–Crippen LogP) is -5.02. The Kier molecular flexibility index (Phi) is 22.9. The number of amides is 8. The van der Waals surface area contributed by atoms with Crippen molar-refractivity contribution in [2.24, 2.45) is 38.7 Å². The van der Waals surface area contributed by atoms with Crippen molar-refractivity contribution in [3.63, 3.8) is 0 Å². The zero-order valence-corrected chi connectivity index (χ0v) is 42.8. The molecule has 0 unspecified atom stereocenters. The minimum atomic E-state index is -1.61. The van der Waals surface area contributed by atoms with Crippen molar-refractivity contribution in [2.75, 3.05) is 45.9 Å². The Labute approximate surface area is 445 Å². The number of likely N-dealkylation sites (tertiary alicyclic amines) is 3. The zero-order valence-electron chi connectivity index (χ0n) is 42.8. The van der Waals surface area contributed by atoms with Gasteiger partial charge in [0.15, 0.2) is 11.9 Å². The number of nitrogens with two attached hydrogens (primary N) is 5. The van der Waals surface area contributed by atoms with Crippen LogP contribution in [0.15, 0.2) is 70.6 Å². The molecule has 3 saturated heterocycles. The van der Waals surface area contributed by atoms with Gasteiger partial charge in [-0.3, -0.25) is 48.3 Å². The molecular weight excluding hydrogens is 1000 g/mol. The molecule has 0 bridgehead atoms. The minimum Gasteiger partial charge on any atom is -0.480 e. The number of β-amino-alcohol motifs (C(OH)–C–C–N with tert-alkyl or cyclic N) is 1. The Morgan fingerprint density at radius 2 is 1.14 bits per heavy atom. The second-order valence-corrected chi connectivity index (χ2v) is 19.2. The normalized spacial score (nSPS) is 19.9. The van der Waals surface area contributed by atoms with Crippen LogP contribution in [0.1, 0.15) is 68.9 Å². The number of rotatable bonds is 27. The molecule has 3 fully saturated rings. The molecule has 3 aliphatic heterocycles. The molecule has 2 aromatic rings.